The van der Waals surface area contributed by atoms with Gasteiger partial charge < -0.3 is 9.05 Å². The van der Waals surface area contributed by atoms with Gasteiger partial charge in [-0.3, -0.25) is 14.2 Å². The van der Waals surface area contributed by atoms with Crippen molar-refractivity contribution < 1.29 is 23.2 Å². The molecule has 0 bridgehead atoms. The van der Waals surface area contributed by atoms with Gasteiger partial charge in [-0.1, -0.05) is 72.8 Å². The fourth-order valence-electron chi connectivity index (χ4n) is 3.18. The number of ketones is 2. The van der Waals surface area contributed by atoms with E-state index in [4.69, 9.17) is 9.05 Å². The van der Waals surface area contributed by atoms with Gasteiger partial charge in [-0.15, -0.1) is 0 Å². The van der Waals surface area contributed by atoms with Gasteiger partial charge in [0, 0.05) is 11.1 Å². The molecule has 4 aromatic rings. The average Bonchev–Trinajstić information content (AvgIpc) is 2.80. The summed E-state index contributed by atoms with van der Waals surface area (Å²) in [5, 5.41) is 3.93. The maximum atomic E-state index is 12.3. The SMILES string of the molecule is O=C(CO[PH](=O)OCC(=O)c1ccc2ccccc2c1)c1ccc2ccccc2c1. The number of carbonyl (C=O) groups is 2. The third kappa shape index (κ3) is 4.71. The van der Waals surface area contributed by atoms with Crippen molar-refractivity contribution in [2.24, 2.45) is 0 Å². The van der Waals surface area contributed by atoms with Crippen molar-refractivity contribution in [1.29, 1.82) is 0 Å². The van der Waals surface area contributed by atoms with Crippen molar-refractivity contribution in [2.75, 3.05) is 13.2 Å². The first-order valence-electron chi connectivity index (χ1n) is 9.44. The van der Waals surface area contributed by atoms with Gasteiger partial charge in [0.15, 0.2) is 11.6 Å². The zero-order chi connectivity index (χ0) is 20.9. The molecule has 0 atom stereocenters. The summed E-state index contributed by atoms with van der Waals surface area (Å²) in [5.41, 5.74) is 0.937. The van der Waals surface area contributed by atoms with Gasteiger partial charge in [-0.05, 0) is 33.7 Å². The van der Waals surface area contributed by atoms with E-state index in [1.165, 1.54) is 0 Å². The fraction of sp³-hybridized carbons (Fsp3) is 0.0833. The monoisotopic (exact) mass is 418 g/mol. The summed E-state index contributed by atoms with van der Waals surface area (Å²) in [6.07, 6.45) is 0. The van der Waals surface area contributed by atoms with Crippen LogP contribution < -0.4 is 0 Å². The Labute approximate surface area is 174 Å². The lowest BCUT2D eigenvalue weighted by Crippen LogP contribution is -2.09. The molecule has 4 rings (SSSR count). The largest absolute Gasteiger partial charge is 0.320 e. The lowest BCUT2D eigenvalue weighted by Gasteiger charge is -2.07. The van der Waals surface area contributed by atoms with E-state index >= 15 is 0 Å². The second-order valence-electron chi connectivity index (χ2n) is 6.80. The number of hydrogen-bond donors (Lipinski definition) is 0. The van der Waals surface area contributed by atoms with Crippen LogP contribution in [0, 0.1) is 0 Å². The number of rotatable bonds is 8. The van der Waals surface area contributed by atoms with Gasteiger partial charge in [0.2, 0.25) is 0 Å². The molecule has 150 valence electrons. The highest BCUT2D eigenvalue weighted by Gasteiger charge is 2.12. The molecular weight excluding hydrogens is 399 g/mol. The van der Waals surface area contributed by atoms with E-state index in [1.54, 1.807) is 24.3 Å². The van der Waals surface area contributed by atoms with Crippen molar-refractivity contribution in [1.82, 2.24) is 0 Å². The second kappa shape index (κ2) is 9.14. The summed E-state index contributed by atoms with van der Waals surface area (Å²) in [4.78, 5) is 24.6. The van der Waals surface area contributed by atoms with Crippen molar-refractivity contribution in [2.45, 2.75) is 0 Å². The Morgan fingerprint density at radius 3 is 1.43 bits per heavy atom. The molecule has 0 saturated carbocycles. The third-order valence-corrected chi connectivity index (χ3v) is 5.55. The predicted octanol–water partition coefficient (Wildman–Crippen LogP) is 5.48. The number of Topliss-reactive ketones (excluding diaryl/α,β-unsaturated/α-hetero) is 2. The molecule has 30 heavy (non-hydrogen) atoms. The van der Waals surface area contributed by atoms with E-state index in [1.807, 2.05) is 60.7 Å². The molecule has 0 fully saturated rings. The minimum absolute atomic E-state index is 0.302. The highest BCUT2D eigenvalue weighted by Crippen LogP contribution is 2.25. The quantitative estimate of drug-likeness (QED) is 0.280. The van der Waals surface area contributed by atoms with Gasteiger partial charge in [-0.25, -0.2) is 0 Å². The molecule has 4 aromatic carbocycles. The maximum Gasteiger partial charge on any atom is 0.320 e. The molecule has 0 unspecified atom stereocenters. The van der Waals surface area contributed by atoms with Gasteiger partial charge >= 0.3 is 8.25 Å². The molecule has 0 spiro atoms. The normalized spacial score (nSPS) is 11.2. The summed E-state index contributed by atoms with van der Waals surface area (Å²) in [6, 6.07) is 26.0. The minimum atomic E-state index is -2.97. The zero-order valence-electron chi connectivity index (χ0n) is 16.0. The first-order chi connectivity index (χ1) is 14.6. The molecule has 0 radical (unpaired) electrons. The van der Waals surface area contributed by atoms with Gasteiger partial charge in [0.1, 0.15) is 13.2 Å². The predicted molar refractivity (Wildman–Crippen MR) is 117 cm³/mol. The standard InChI is InChI=1S/C24H19O5P/c25-23(21-11-9-17-5-1-3-7-19(17)13-21)15-28-30(27)29-16-24(26)22-12-10-18-6-2-4-8-20(18)14-22/h1-14,30H,15-16H2. The number of benzene rings is 4. The molecule has 0 aromatic heterocycles. The van der Waals surface area contributed by atoms with E-state index < -0.39 is 8.25 Å². The minimum Gasteiger partial charge on any atom is -0.302 e. The van der Waals surface area contributed by atoms with Crippen molar-refractivity contribution in [3.8, 4) is 0 Å². The Hall–Kier alpha value is -3.11. The van der Waals surface area contributed by atoms with Crippen LogP contribution in [-0.4, -0.2) is 24.8 Å². The van der Waals surface area contributed by atoms with Crippen LogP contribution in [0.25, 0.3) is 21.5 Å². The summed E-state index contributed by atoms with van der Waals surface area (Å²) in [7, 11) is -2.97. The number of hydrogen-bond acceptors (Lipinski definition) is 5. The van der Waals surface area contributed by atoms with Crippen LogP contribution in [0.15, 0.2) is 84.9 Å². The lowest BCUT2D eigenvalue weighted by molar-refractivity contribution is 0.0877. The van der Waals surface area contributed by atoms with Gasteiger partial charge in [0.05, 0.1) is 0 Å². The average molecular weight is 418 g/mol. The molecule has 0 aliphatic heterocycles. The summed E-state index contributed by atoms with van der Waals surface area (Å²) in [5.74, 6) is -0.605. The van der Waals surface area contributed by atoms with Gasteiger partial charge in [-0.2, -0.15) is 0 Å². The molecule has 5 nitrogen and oxygen atoms in total. The Bertz CT molecular complexity index is 1170. The first-order valence-corrected chi connectivity index (χ1v) is 10.7. The van der Waals surface area contributed by atoms with E-state index in [9.17, 15) is 14.2 Å². The van der Waals surface area contributed by atoms with Crippen LogP contribution in [0.3, 0.4) is 0 Å². The van der Waals surface area contributed by atoms with Crippen LogP contribution in [0.1, 0.15) is 20.7 Å². The van der Waals surface area contributed by atoms with Crippen molar-refractivity contribution in [3.05, 3.63) is 96.1 Å². The molecule has 0 amide bonds. The van der Waals surface area contributed by atoms with Gasteiger partial charge in [0.25, 0.3) is 0 Å². The Kier molecular flexibility index (Phi) is 6.15. The van der Waals surface area contributed by atoms with Crippen LogP contribution in [0.4, 0.5) is 0 Å². The molecule has 0 N–H and O–H groups in total. The van der Waals surface area contributed by atoms with E-state index in [2.05, 4.69) is 0 Å². The maximum absolute atomic E-state index is 12.3. The summed E-state index contributed by atoms with van der Waals surface area (Å²) >= 11 is 0. The third-order valence-electron chi connectivity index (χ3n) is 4.79. The van der Waals surface area contributed by atoms with E-state index in [-0.39, 0.29) is 24.8 Å². The Morgan fingerprint density at radius 1 is 0.600 bits per heavy atom. The molecule has 0 aliphatic carbocycles. The first kappa shape index (κ1) is 20.2. The number of fused-ring (bicyclic) bond motifs is 2. The lowest BCUT2D eigenvalue weighted by atomic mass is 10.0. The van der Waals surface area contributed by atoms with E-state index in [0.29, 0.717) is 11.1 Å². The van der Waals surface area contributed by atoms with Crippen molar-refractivity contribution in [3.63, 3.8) is 0 Å². The Morgan fingerprint density at radius 2 is 1.00 bits per heavy atom. The topological polar surface area (TPSA) is 69.7 Å². The van der Waals surface area contributed by atoms with Crippen LogP contribution >= 0.6 is 8.25 Å². The smallest absolute Gasteiger partial charge is 0.302 e. The molecular formula is C24H19O5P. The highest BCUT2D eigenvalue weighted by molar-refractivity contribution is 7.33. The van der Waals surface area contributed by atoms with E-state index in [0.717, 1.165) is 21.5 Å². The van der Waals surface area contributed by atoms with Crippen LogP contribution in [0.5, 0.6) is 0 Å². The van der Waals surface area contributed by atoms with Crippen LogP contribution in [-0.2, 0) is 13.6 Å². The zero-order valence-corrected chi connectivity index (χ0v) is 17.0. The highest BCUT2D eigenvalue weighted by atomic mass is 31.1. The summed E-state index contributed by atoms with van der Waals surface area (Å²) < 4.78 is 22.1. The molecule has 0 heterocycles. The number of carbonyl (C=O) groups excluding carboxylic acids is 2. The molecule has 0 aliphatic rings. The van der Waals surface area contributed by atoms with Crippen LogP contribution in [0.2, 0.25) is 0 Å². The molecule has 6 heteroatoms. The molecule has 0 saturated heterocycles. The van der Waals surface area contributed by atoms with Crippen molar-refractivity contribution >= 4 is 41.4 Å². The fourth-order valence-corrected chi connectivity index (χ4v) is 3.76. The Balaban J connectivity index is 1.30. The summed E-state index contributed by atoms with van der Waals surface area (Å²) in [6.45, 7) is -0.749. The second-order valence-corrected chi connectivity index (χ2v) is 7.87.